The quantitative estimate of drug-likeness (QED) is 0.532. The van der Waals surface area contributed by atoms with E-state index < -0.39 is 12.3 Å². The van der Waals surface area contributed by atoms with E-state index in [-0.39, 0.29) is 32.1 Å². The van der Waals surface area contributed by atoms with Gasteiger partial charge < -0.3 is 30.3 Å². The van der Waals surface area contributed by atoms with Crippen molar-refractivity contribution in [2.45, 2.75) is 13.2 Å². The Morgan fingerprint density at radius 2 is 1.80 bits per heavy atom. The van der Waals surface area contributed by atoms with Gasteiger partial charge in [-0.15, -0.1) is 0 Å². The van der Waals surface area contributed by atoms with E-state index in [9.17, 15) is 4.79 Å². The van der Waals surface area contributed by atoms with Crippen LogP contribution in [0.2, 0.25) is 0 Å². The highest BCUT2D eigenvalue weighted by Crippen LogP contribution is 2.16. The highest BCUT2D eigenvalue weighted by atomic mass is 16.5. The van der Waals surface area contributed by atoms with Crippen molar-refractivity contribution in [3.05, 3.63) is 24.3 Å². The van der Waals surface area contributed by atoms with Crippen molar-refractivity contribution in [1.29, 1.82) is 0 Å². The minimum Gasteiger partial charge on any atom is -0.508 e. The molecule has 0 aliphatic rings. The Balaban J connectivity index is 2.49. The molecule has 0 saturated heterocycles. The molecule has 0 aromatic heterocycles. The van der Waals surface area contributed by atoms with Crippen molar-refractivity contribution in [3.63, 3.8) is 0 Å². The number of nitrogens with zero attached hydrogens (tertiary/aromatic N) is 1. The van der Waals surface area contributed by atoms with Gasteiger partial charge in [-0.3, -0.25) is 0 Å². The summed E-state index contributed by atoms with van der Waals surface area (Å²) in [6, 6.07) is 5.69. The molecule has 7 nitrogen and oxygen atoms in total. The number of rotatable bonds is 7. The van der Waals surface area contributed by atoms with Gasteiger partial charge in [0, 0.05) is 13.1 Å². The largest absolute Gasteiger partial charge is 0.508 e. The van der Waals surface area contributed by atoms with Gasteiger partial charge in [-0.05, 0) is 31.2 Å². The number of nitrogens with one attached hydrogen (secondary N) is 1. The van der Waals surface area contributed by atoms with Crippen LogP contribution in [-0.2, 0) is 0 Å². The maximum Gasteiger partial charge on any atom is 0.320 e. The lowest BCUT2D eigenvalue weighted by molar-refractivity contribution is 0.133. The van der Waals surface area contributed by atoms with Crippen molar-refractivity contribution in [2.75, 3.05) is 26.3 Å². The highest BCUT2D eigenvalue weighted by molar-refractivity contribution is 5.74. The molecule has 0 aliphatic carbocycles. The summed E-state index contributed by atoms with van der Waals surface area (Å²) in [6.07, 6.45) is -0.591. The van der Waals surface area contributed by atoms with E-state index in [1.807, 2.05) is 0 Å². The van der Waals surface area contributed by atoms with Gasteiger partial charge in [-0.1, -0.05) is 0 Å². The topological polar surface area (TPSA) is 102 Å². The van der Waals surface area contributed by atoms with Gasteiger partial charge in [0.05, 0.1) is 13.2 Å². The molecule has 1 unspecified atom stereocenters. The molecular formula is C13H20N2O5. The number of phenols is 1. The lowest BCUT2D eigenvalue weighted by atomic mass is 10.3. The van der Waals surface area contributed by atoms with E-state index in [0.29, 0.717) is 5.75 Å². The monoisotopic (exact) mass is 284 g/mol. The van der Waals surface area contributed by atoms with E-state index in [0.717, 1.165) is 0 Å². The summed E-state index contributed by atoms with van der Waals surface area (Å²) in [5.74, 6) is 0.637. The summed E-state index contributed by atoms with van der Waals surface area (Å²) in [5.41, 5.74) is 0. The number of benzene rings is 1. The number of ether oxygens (including phenoxy) is 1. The lowest BCUT2D eigenvalue weighted by Gasteiger charge is -2.24. The van der Waals surface area contributed by atoms with E-state index in [2.05, 4.69) is 5.32 Å². The third kappa shape index (κ3) is 5.33. The van der Waals surface area contributed by atoms with Crippen LogP contribution in [0.4, 0.5) is 4.79 Å². The number of hydrogen-bond acceptors (Lipinski definition) is 5. The molecule has 0 radical (unpaired) electrons. The molecule has 1 rings (SSSR count). The van der Waals surface area contributed by atoms with Crippen LogP contribution in [-0.4, -0.2) is 58.8 Å². The predicted octanol–water partition coefficient (Wildman–Crippen LogP) is 0.113. The standard InChI is InChI=1S/C13H20N2O5/c1-10(20-12-4-2-11(18)3-5-12)14-13(19)15(6-8-16)7-9-17/h2-5,10,16-18H,6-9H2,1H3,(H,14,19). The zero-order valence-corrected chi connectivity index (χ0v) is 11.3. The molecule has 7 heteroatoms. The van der Waals surface area contributed by atoms with Gasteiger partial charge in [0.25, 0.3) is 0 Å². The second kappa shape index (κ2) is 8.23. The molecule has 0 aliphatic heterocycles. The lowest BCUT2D eigenvalue weighted by Crippen LogP contribution is -2.47. The van der Waals surface area contributed by atoms with Gasteiger partial charge in [-0.25, -0.2) is 4.79 Å². The Hall–Kier alpha value is -1.99. The third-order valence-electron chi connectivity index (χ3n) is 2.50. The van der Waals surface area contributed by atoms with Crippen molar-refractivity contribution < 1.29 is 24.9 Å². The first-order valence-corrected chi connectivity index (χ1v) is 6.29. The Labute approximate surface area is 117 Å². The average molecular weight is 284 g/mol. The van der Waals surface area contributed by atoms with Crippen LogP contribution in [0, 0.1) is 0 Å². The Kier molecular flexibility index (Phi) is 6.61. The van der Waals surface area contributed by atoms with E-state index in [1.165, 1.54) is 17.0 Å². The molecule has 1 atom stereocenters. The second-order valence-electron chi connectivity index (χ2n) is 4.14. The molecule has 0 bridgehead atoms. The fourth-order valence-corrected chi connectivity index (χ4v) is 1.58. The Morgan fingerprint density at radius 1 is 1.25 bits per heavy atom. The van der Waals surface area contributed by atoms with E-state index in [4.69, 9.17) is 20.1 Å². The summed E-state index contributed by atoms with van der Waals surface area (Å²) >= 11 is 0. The molecule has 4 N–H and O–H groups in total. The molecule has 0 heterocycles. The zero-order valence-electron chi connectivity index (χ0n) is 11.3. The van der Waals surface area contributed by atoms with Crippen LogP contribution in [0.25, 0.3) is 0 Å². The Morgan fingerprint density at radius 3 is 2.30 bits per heavy atom. The smallest absolute Gasteiger partial charge is 0.320 e. The number of carbonyl (C=O) groups is 1. The SMILES string of the molecule is CC(NC(=O)N(CCO)CCO)Oc1ccc(O)cc1. The number of phenolic OH excluding ortho intramolecular Hbond substituents is 1. The molecule has 2 amide bonds. The minimum absolute atomic E-state index is 0.131. The molecule has 0 fully saturated rings. The van der Waals surface area contributed by atoms with E-state index in [1.54, 1.807) is 19.1 Å². The number of urea groups is 1. The first kappa shape index (κ1) is 16.1. The number of aliphatic hydroxyl groups excluding tert-OH is 2. The maximum atomic E-state index is 11.9. The normalized spacial score (nSPS) is 11.8. The first-order chi connectivity index (χ1) is 9.56. The molecule has 1 aromatic rings. The molecule has 0 saturated carbocycles. The molecule has 112 valence electrons. The molecule has 20 heavy (non-hydrogen) atoms. The van der Waals surface area contributed by atoms with Crippen molar-refractivity contribution in [3.8, 4) is 11.5 Å². The fraction of sp³-hybridized carbons (Fsp3) is 0.462. The van der Waals surface area contributed by atoms with E-state index >= 15 is 0 Å². The number of hydrogen-bond donors (Lipinski definition) is 4. The number of aromatic hydroxyl groups is 1. The van der Waals surface area contributed by atoms with Crippen molar-refractivity contribution >= 4 is 6.03 Å². The summed E-state index contributed by atoms with van der Waals surface area (Å²) in [5, 5.41) is 29.4. The van der Waals surface area contributed by atoms with Crippen LogP contribution >= 0.6 is 0 Å². The van der Waals surface area contributed by atoms with Crippen molar-refractivity contribution in [2.24, 2.45) is 0 Å². The Bertz CT molecular complexity index is 404. The average Bonchev–Trinajstić information content (AvgIpc) is 2.41. The first-order valence-electron chi connectivity index (χ1n) is 6.29. The van der Waals surface area contributed by atoms with Gasteiger partial charge in [0.15, 0.2) is 6.23 Å². The van der Waals surface area contributed by atoms with Gasteiger partial charge >= 0.3 is 6.03 Å². The number of carbonyl (C=O) groups excluding carboxylic acids is 1. The fourth-order valence-electron chi connectivity index (χ4n) is 1.58. The predicted molar refractivity (Wildman–Crippen MR) is 72.5 cm³/mol. The number of aliphatic hydroxyl groups is 2. The minimum atomic E-state index is -0.591. The summed E-state index contributed by atoms with van der Waals surface area (Å²) < 4.78 is 5.45. The number of amides is 2. The van der Waals surface area contributed by atoms with Crippen molar-refractivity contribution in [1.82, 2.24) is 10.2 Å². The van der Waals surface area contributed by atoms with Crippen LogP contribution in [0.3, 0.4) is 0 Å². The van der Waals surface area contributed by atoms with Gasteiger partial charge in [0.2, 0.25) is 0 Å². The zero-order chi connectivity index (χ0) is 15.0. The summed E-state index contributed by atoms with van der Waals surface area (Å²) in [6.45, 7) is 1.57. The summed E-state index contributed by atoms with van der Waals surface area (Å²) in [7, 11) is 0. The molecule has 1 aromatic carbocycles. The molecular weight excluding hydrogens is 264 g/mol. The summed E-state index contributed by atoms with van der Waals surface area (Å²) in [4.78, 5) is 13.1. The highest BCUT2D eigenvalue weighted by Gasteiger charge is 2.15. The van der Waals surface area contributed by atoms with Crippen LogP contribution in [0.1, 0.15) is 6.92 Å². The van der Waals surface area contributed by atoms with Crippen LogP contribution < -0.4 is 10.1 Å². The molecule has 0 spiro atoms. The van der Waals surface area contributed by atoms with Gasteiger partial charge in [0.1, 0.15) is 11.5 Å². The van der Waals surface area contributed by atoms with Crippen LogP contribution in [0.5, 0.6) is 11.5 Å². The maximum absolute atomic E-state index is 11.9. The van der Waals surface area contributed by atoms with Gasteiger partial charge in [-0.2, -0.15) is 0 Å². The van der Waals surface area contributed by atoms with Crippen LogP contribution in [0.15, 0.2) is 24.3 Å². The second-order valence-corrected chi connectivity index (χ2v) is 4.14. The third-order valence-corrected chi connectivity index (χ3v) is 2.50.